The average molecular weight is 315 g/mol. The molecular weight excluding hydrogens is 282 g/mol. The Morgan fingerprint density at radius 1 is 1.14 bits per heavy atom. The molecule has 0 aliphatic heterocycles. The van der Waals surface area contributed by atoms with Crippen LogP contribution in [0, 0.1) is 0 Å². The maximum atomic E-state index is 12.3. The number of carbonyl (C=O) groups excluding carboxylic acids is 2. The number of carbonyl (C=O) groups is 2. The van der Waals surface area contributed by atoms with Crippen LogP contribution in [0.25, 0.3) is 0 Å². The highest BCUT2D eigenvalue weighted by Crippen LogP contribution is 2.17. The first kappa shape index (κ1) is 20.7. The fourth-order valence-corrected chi connectivity index (χ4v) is 1.83. The number of hydrogen-bond donors (Lipinski definition) is 2. The molecule has 22 heavy (non-hydrogen) atoms. The van der Waals surface area contributed by atoms with E-state index in [1.807, 2.05) is 48.5 Å². The van der Waals surface area contributed by atoms with Crippen LogP contribution in [0.1, 0.15) is 55.4 Å². The molecule has 0 aromatic rings. The van der Waals surface area contributed by atoms with Crippen LogP contribution in [0.2, 0.25) is 0 Å². The number of nitrogens with zero attached hydrogens (tertiary/aromatic N) is 1. The van der Waals surface area contributed by atoms with Gasteiger partial charge in [0.25, 0.3) is 0 Å². The SMILES string of the molecule is CCNC(=O)C(C)NCCN(C(=O)OC(C)(C)C)C(C)(C)C. The summed E-state index contributed by atoms with van der Waals surface area (Å²) in [6.45, 7) is 16.7. The maximum absolute atomic E-state index is 12.3. The van der Waals surface area contributed by atoms with Gasteiger partial charge in [0, 0.05) is 25.2 Å². The van der Waals surface area contributed by atoms with Crippen molar-refractivity contribution in [1.82, 2.24) is 15.5 Å². The quantitative estimate of drug-likeness (QED) is 0.788. The standard InChI is InChI=1S/C16H33N3O3/c1-9-17-13(20)12(2)18-10-11-19(15(3,4)5)14(21)22-16(6,7)8/h12,18H,9-11H2,1-8H3,(H,17,20). The molecule has 0 radical (unpaired) electrons. The topological polar surface area (TPSA) is 70.7 Å². The molecule has 1 atom stereocenters. The van der Waals surface area contributed by atoms with Crippen LogP contribution >= 0.6 is 0 Å². The lowest BCUT2D eigenvalue weighted by Crippen LogP contribution is -2.52. The van der Waals surface area contributed by atoms with Gasteiger partial charge in [-0.2, -0.15) is 0 Å². The van der Waals surface area contributed by atoms with Gasteiger partial charge in [0.15, 0.2) is 0 Å². The molecule has 0 aromatic carbocycles. The molecule has 130 valence electrons. The van der Waals surface area contributed by atoms with Crippen LogP contribution in [-0.4, -0.2) is 53.7 Å². The van der Waals surface area contributed by atoms with E-state index in [0.717, 1.165) is 0 Å². The van der Waals surface area contributed by atoms with Crippen molar-refractivity contribution in [3.8, 4) is 0 Å². The number of rotatable bonds is 6. The average Bonchev–Trinajstić information content (AvgIpc) is 2.30. The predicted molar refractivity (Wildman–Crippen MR) is 88.8 cm³/mol. The number of likely N-dealkylation sites (N-methyl/N-ethyl adjacent to an activating group) is 1. The second-order valence-corrected chi connectivity index (χ2v) is 7.37. The van der Waals surface area contributed by atoms with Gasteiger partial charge in [-0.25, -0.2) is 4.79 Å². The first-order valence-corrected chi connectivity index (χ1v) is 7.90. The van der Waals surface area contributed by atoms with Gasteiger partial charge in [0.2, 0.25) is 5.91 Å². The van der Waals surface area contributed by atoms with Crippen molar-refractivity contribution in [3.05, 3.63) is 0 Å². The molecule has 0 saturated carbocycles. The van der Waals surface area contributed by atoms with Gasteiger partial charge in [-0.15, -0.1) is 0 Å². The third-order valence-corrected chi connectivity index (χ3v) is 2.95. The Labute approximate surface area is 135 Å². The number of amides is 2. The van der Waals surface area contributed by atoms with E-state index in [1.165, 1.54) is 0 Å². The molecule has 0 aromatic heterocycles. The fourth-order valence-electron chi connectivity index (χ4n) is 1.83. The van der Waals surface area contributed by atoms with Crippen LogP contribution in [-0.2, 0) is 9.53 Å². The monoisotopic (exact) mass is 315 g/mol. The number of nitrogens with one attached hydrogen (secondary N) is 2. The summed E-state index contributed by atoms with van der Waals surface area (Å²) in [4.78, 5) is 25.6. The molecular formula is C16H33N3O3. The summed E-state index contributed by atoms with van der Waals surface area (Å²) < 4.78 is 5.45. The summed E-state index contributed by atoms with van der Waals surface area (Å²) in [5.41, 5.74) is -0.874. The van der Waals surface area contributed by atoms with Gasteiger partial charge in [0.1, 0.15) is 5.60 Å². The molecule has 2 amide bonds. The smallest absolute Gasteiger partial charge is 0.410 e. The van der Waals surface area contributed by atoms with E-state index in [1.54, 1.807) is 11.8 Å². The van der Waals surface area contributed by atoms with E-state index >= 15 is 0 Å². The van der Waals surface area contributed by atoms with E-state index in [-0.39, 0.29) is 23.6 Å². The van der Waals surface area contributed by atoms with E-state index in [0.29, 0.717) is 19.6 Å². The fraction of sp³-hybridized carbons (Fsp3) is 0.875. The van der Waals surface area contributed by atoms with Gasteiger partial charge >= 0.3 is 6.09 Å². The first-order valence-electron chi connectivity index (χ1n) is 7.90. The second-order valence-electron chi connectivity index (χ2n) is 7.37. The van der Waals surface area contributed by atoms with Crippen LogP contribution in [0.4, 0.5) is 4.79 Å². The summed E-state index contributed by atoms with van der Waals surface area (Å²) in [6.07, 6.45) is -0.340. The van der Waals surface area contributed by atoms with Gasteiger partial charge in [-0.05, 0) is 55.4 Å². The molecule has 0 saturated heterocycles. The molecule has 0 bridgehead atoms. The normalized spacial score (nSPS) is 13.5. The Bertz CT molecular complexity index is 370. The van der Waals surface area contributed by atoms with Crippen molar-refractivity contribution in [1.29, 1.82) is 0 Å². The highest BCUT2D eigenvalue weighted by atomic mass is 16.6. The van der Waals surface area contributed by atoms with Gasteiger partial charge < -0.3 is 20.3 Å². The molecule has 0 aliphatic rings. The number of hydrogen-bond acceptors (Lipinski definition) is 4. The summed E-state index contributed by atoms with van der Waals surface area (Å²) >= 11 is 0. The molecule has 0 aliphatic carbocycles. The number of ether oxygens (including phenoxy) is 1. The van der Waals surface area contributed by atoms with E-state index < -0.39 is 5.60 Å². The van der Waals surface area contributed by atoms with Gasteiger partial charge in [-0.3, -0.25) is 4.79 Å². The van der Waals surface area contributed by atoms with Crippen molar-refractivity contribution in [2.75, 3.05) is 19.6 Å². The van der Waals surface area contributed by atoms with Crippen LogP contribution in [0.3, 0.4) is 0 Å². The Balaban J connectivity index is 4.57. The molecule has 0 heterocycles. The van der Waals surface area contributed by atoms with Crippen molar-refractivity contribution < 1.29 is 14.3 Å². The molecule has 6 nitrogen and oxygen atoms in total. The summed E-state index contributed by atoms with van der Waals surface area (Å²) in [7, 11) is 0. The molecule has 0 spiro atoms. The van der Waals surface area contributed by atoms with Crippen LogP contribution in [0.15, 0.2) is 0 Å². The minimum Gasteiger partial charge on any atom is -0.444 e. The van der Waals surface area contributed by atoms with Crippen molar-refractivity contribution in [2.45, 2.75) is 72.6 Å². The third kappa shape index (κ3) is 8.22. The zero-order chi connectivity index (χ0) is 17.6. The minimum atomic E-state index is -0.525. The lowest BCUT2D eigenvalue weighted by Gasteiger charge is -2.37. The zero-order valence-corrected chi connectivity index (χ0v) is 15.4. The Morgan fingerprint density at radius 3 is 2.09 bits per heavy atom. The largest absolute Gasteiger partial charge is 0.444 e. The Hall–Kier alpha value is -1.30. The van der Waals surface area contributed by atoms with Crippen molar-refractivity contribution >= 4 is 12.0 Å². The molecule has 2 N–H and O–H groups in total. The zero-order valence-electron chi connectivity index (χ0n) is 15.4. The maximum Gasteiger partial charge on any atom is 0.410 e. The van der Waals surface area contributed by atoms with Gasteiger partial charge in [-0.1, -0.05) is 0 Å². The predicted octanol–water partition coefficient (Wildman–Crippen LogP) is 2.14. The summed E-state index contributed by atoms with van der Waals surface area (Å²) in [5, 5.41) is 5.89. The Kier molecular flexibility index (Phi) is 7.87. The summed E-state index contributed by atoms with van der Waals surface area (Å²) in [5.74, 6) is -0.0397. The first-order chi connectivity index (χ1) is 9.88. The lowest BCUT2D eigenvalue weighted by atomic mass is 10.1. The minimum absolute atomic E-state index is 0.0397. The molecule has 6 heteroatoms. The van der Waals surface area contributed by atoms with E-state index in [2.05, 4.69) is 10.6 Å². The second kappa shape index (κ2) is 8.36. The Morgan fingerprint density at radius 2 is 1.68 bits per heavy atom. The lowest BCUT2D eigenvalue weighted by molar-refractivity contribution is -0.122. The van der Waals surface area contributed by atoms with Crippen LogP contribution < -0.4 is 10.6 Å². The molecule has 1 unspecified atom stereocenters. The highest BCUT2D eigenvalue weighted by molar-refractivity contribution is 5.81. The highest BCUT2D eigenvalue weighted by Gasteiger charge is 2.30. The van der Waals surface area contributed by atoms with Crippen LogP contribution in [0.5, 0.6) is 0 Å². The van der Waals surface area contributed by atoms with Gasteiger partial charge in [0.05, 0.1) is 6.04 Å². The summed E-state index contributed by atoms with van der Waals surface area (Å²) in [6, 6.07) is -0.291. The molecule has 0 rings (SSSR count). The van der Waals surface area contributed by atoms with Crippen molar-refractivity contribution in [3.63, 3.8) is 0 Å². The molecule has 0 fully saturated rings. The van der Waals surface area contributed by atoms with E-state index in [9.17, 15) is 9.59 Å². The third-order valence-electron chi connectivity index (χ3n) is 2.95. The van der Waals surface area contributed by atoms with Crippen molar-refractivity contribution in [2.24, 2.45) is 0 Å². The van der Waals surface area contributed by atoms with E-state index in [4.69, 9.17) is 4.74 Å².